The molecule has 0 fully saturated rings. The third-order valence-corrected chi connectivity index (χ3v) is 2.16. The Balaban J connectivity index is 2.64. The van der Waals surface area contributed by atoms with Gasteiger partial charge in [-0.05, 0) is 22.8 Å². The molecule has 0 aromatic heterocycles. The zero-order chi connectivity index (χ0) is 11.6. The molecule has 16 heavy (non-hydrogen) atoms. The van der Waals surface area contributed by atoms with Crippen molar-refractivity contribution in [1.82, 2.24) is 0 Å². The number of hydrogen-bond donors (Lipinski definition) is 0. The van der Waals surface area contributed by atoms with E-state index in [0.29, 0.717) is 6.54 Å². The highest BCUT2D eigenvalue weighted by molar-refractivity contribution is 5.53. The van der Waals surface area contributed by atoms with Gasteiger partial charge in [-0.1, -0.05) is 49.8 Å². The highest BCUT2D eigenvalue weighted by Crippen LogP contribution is 2.12. The number of rotatable bonds is 6. The average molecular weight is 217 g/mol. The van der Waals surface area contributed by atoms with Crippen LogP contribution in [-0.2, 0) is 6.42 Å². The maximum atomic E-state index is 9.64. The van der Waals surface area contributed by atoms with Crippen LogP contribution in [0.4, 0.5) is 0 Å². The molecule has 0 spiro atoms. The summed E-state index contributed by atoms with van der Waals surface area (Å²) in [6, 6.07) is 8.24. The van der Waals surface area contributed by atoms with Crippen LogP contribution in [0, 0.1) is 4.91 Å². The second kappa shape index (κ2) is 7.45. The summed E-state index contributed by atoms with van der Waals surface area (Å²) in [6.45, 7) is 2.54. The summed E-state index contributed by atoms with van der Waals surface area (Å²) in [4.78, 5) is 9.64. The predicted molar refractivity (Wildman–Crippen MR) is 65.0 cm³/mol. The van der Waals surface area contributed by atoms with Crippen LogP contribution in [0.5, 0.6) is 0 Å². The molecule has 4 heteroatoms. The Morgan fingerprint density at radius 2 is 2.12 bits per heavy atom. The molecule has 0 saturated heterocycles. The molecule has 1 aromatic carbocycles. The van der Waals surface area contributed by atoms with E-state index in [9.17, 15) is 4.91 Å². The summed E-state index contributed by atoms with van der Waals surface area (Å²) in [5.41, 5.74) is 2.52. The topological polar surface area (TPSA) is 54.1 Å². The second-order valence-corrected chi connectivity index (χ2v) is 3.35. The van der Waals surface area contributed by atoms with Gasteiger partial charge in [0.2, 0.25) is 0 Å². The highest BCUT2D eigenvalue weighted by atomic mass is 16.3. The molecule has 84 valence electrons. The minimum absolute atomic E-state index is 0.381. The van der Waals surface area contributed by atoms with Gasteiger partial charge in [-0.2, -0.15) is 5.11 Å². The lowest BCUT2D eigenvalue weighted by Gasteiger charge is -2.03. The fourth-order valence-corrected chi connectivity index (χ4v) is 1.48. The fourth-order valence-electron chi connectivity index (χ4n) is 1.48. The van der Waals surface area contributed by atoms with E-state index >= 15 is 0 Å². The van der Waals surface area contributed by atoms with Gasteiger partial charge in [0.1, 0.15) is 5.29 Å². The van der Waals surface area contributed by atoms with Crippen molar-refractivity contribution in [3.63, 3.8) is 0 Å². The Labute approximate surface area is 95.0 Å². The number of benzene rings is 1. The lowest BCUT2D eigenvalue weighted by molar-refractivity contribution is 0.919. The first-order chi connectivity index (χ1) is 7.88. The quantitative estimate of drug-likeness (QED) is 0.406. The van der Waals surface area contributed by atoms with Crippen molar-refractivity contribution >= 4 is 6.08 Å². The van der Waals surface area contributed by atoms with E-state index in [1.54, 1.807) is 0 Å². The molecule has 0 amide bonds. The molecule has 0 unspecified atom stereocenters. The number of aryl methyl sites for hydroxylation is 1. The Hall–Kier alpha value is -1.84. The third-order valence-electron chi connectivity index (χ3n) is 2.16. The summed E-state index contributed by atoms with van der Waals surface area (Å²) in [7, 11) is 0. The Kier molecular flexibility index (Phi) is 5.70. The Morgan fingerprint density at radius 1 is 1.31 bits per heavy atom. The summed E-state index contributed by atoms with van der Waals surface area (Å²) in [5.74, 6) is 0. The lowest BCUT2D eigenvalue weighted by Crippen LogP contribution is -1.87. The SMILES string of the molecule is CCCc1ccccc1/C=C/CN=NN=O. The molecule has 0 atom stereocenters. The van der Waals surface area contributed by atoms with Gasteiger partial charge in [0.25, 0.3) is 0 Å². The smallest absolute Gasteiger partial charge is 0.100 e. The Bertz CT molecular complexity index is 386. The van der Waals surface area contributed by atoms with Crippen molar-refractivity contribution < 1.29 is 0 Å². The van der Waals surface area contributed by atoms with Gasteiger partial charge in [-0.15, -0.1) is 4.91 Å². The van der Waals surface area contributed by atoms with Gasteiger partial charge in [0.05, 0.1) is 6.54 Å². The maximum absolute atomic E-state index is 9.64. The minimum Gasteiger partial charge on any atom is -0.162 e. The standard InChI is InChI=1S/C12H15N3O/c1-2-6-11-7-3-4-8-12(11)9-5-10-13-14-15-16/h3-5,7-9H,2,6,10H2,1H3/b9-5+,14-13?. The molecule has 0 heterocycles. The van der Waals surface area contributed by atoms with E-state index < -0.39 is 0 Å². The van der Waals surface area contributed by atoms with E-state index in [2.05, 4.69) is 34.7 Å². The van der Waals surface area contributed by atoms with Crippen molar-refractivity contribution in [3.8, 4) is 0 Å². The number of nitrogens with zero attached hydrogens (tertiary/aromatic N) is 3. The lowest BCUT2D eigenvalue weighted by atomic mass is 10.0. The van der Waals surface area contributed by atoms with Crippen LogP contribution in [0.15, 0.2) is 46.0 Å². The van der Waals surface area contributed by atoms with Gasteiger partial charge in [-0.25, -0.2) is 0 Å². The normalized spacial score (nSPS) is 11.3. The minimum atomic E-state index is 0.381. The summed E-state index contributed by atoms with van der Waals surface area (Å²) in [6.07, 6.45) is 6.05. The average Bonchev–Trinajstić information content (AvgIpc) is 2.31. The summed E-state index contributed by atoms with van der Waals surface area (Å²) in [5, 5.41) is 8.85. The van der Waals surface area contributed by atoms with Crippen LogP contribution in [-0.4, -0.2) is 6.54 Å². The molecule has 0 aliphatic carbocycles. The van der Waals surface area contributed by atoms with Crippen LogP contribution in [0.1, 0.15) is 24.5 Å². The van der Waals surface area contributed by atoms with Crippen molar-refractivity contribution in [2.24, 2.45) is 15.6 Å². The molecule has 4 nitrogen and oxygen atoms in total. The highest BCUT2D eigenvalue weighted by Gasteiger charge is 1.95. The van der Waals surface area contributed by atoms with Crippen molar-refractivity contribution in [1.29, 1.82) is 0 Å². The van der Waals surface area contributed by atoms with E-state index in [0.717, 1.165) is 12.8 Å². The van der Waals surface area contributed by atoms with Gasteiger partial charge in [0.15, 0.2) is 0 Å². The predicted octanol–water partition coefficient (Wildman–Crippen LogP) is 3.79. The van der Waals surface area contributed by atoms with Crippen LogP contribution < -0.4 is 0 Å². The molecular weight excluding hydrogens is 202 g/mol. The third kappa shape index (κ3) is 4.13. The first-order valence-electron chi connectivity index (χ1n) is 5.32. The van der Waals surface area contributed by atoms with Gasteiger partial charge in [0, 0.05) is 0 Å². The molecule has 0 aliphatic rings. The Morgan fingerprint density at radius 3 is 2.88 bits per heavy atom. The van der Waals surface area contributed by atoms with Gasteiger partial charge in [-0.3, -0.25) is 0 Å². The zero-order valence-corrected chi connectivity index (χ0v) is 9.34. The first-order valence-corrected chi connectivity index (χ1v) is 5.32. The molecular formula is C12H15N3O. The van der Waals surface area contributed by atoms with E-state index in [1.807, 2.05) is 24.3 Å². The summed E-state index contributed by atoms with van der Waals surface area (Å²) < 4.78 is 0. The largest absolute Gasteiger partial charge is 0.162 e. The monoisotopic (exact) mass is 217 g/mol. The van der Waals surface area contributed by atoms with Crippen molar-refractivity contribution in [2.45, 2.75) is 19.8 Å². The molecule has 0 saturated carbocycles. The molecule has 0 aliphatic heterocycles. The van der Waals surface area contributed by atoms with E-state index in [-0.39, 0.29) is 0 Å². The van der Waals surface area contributed by atoms with Crippen molar-refractivity contribution in [2.75, 3.05) is 6.54 Å². The maximum Gasteiger partial charge on any atom is 0.100 e. The van der Waals surface area contributed by atoms with Gasteiger partial charge < -0.3 is 0 Å². The van der Waals surface area contributed by atoms with E-state index in [1.165, 1.54) is 11.1 Å². The summed E-state index contributed by atoms with van der Waals surface area (Å²) >= 11 is 0. The molecule has 1 rings (SSSR count). The van der Waals surface area contributed by atoms with Crippen LogP contribution in [0.2, 0.25) is 0 Å². The number of nitroso groups, excluding NO2 is 1. The van der Waals surface area contributed by atoms with E-state index in [4.69, 9.17) is 0 Å². The zero-order valence-electron chi connectivity index (χ0n) is 9.34. The molecule has 0 N–H and O–H groups in total. The molecule has 1 aromatic rings. The molecule has 0 radical (unpaired) electrons. The van der Waals surface area contributed by atoms with Crippen LogP contribution >= 0.6 is 0 Å². The van der Waals surface area contributed by atoms with Gasteiger partial charge >= 0.3 is 0 Å². The molecule has 0 bridgehead atoms. The van der Waals surface area contributed by atoms with Crippen LogP contribution in [0.3, 0.4) is 0 Å². The first kappa shape index (κ1) is 12.2. The van der Waals surface area contributed by atoms with Crippen LogP contribution in [0.25, 0.3) is 6.08 Å². The number of hydrogen-bond acceptors (Lipinski definition) is 2. The fraction of sp³-hybridized carbons (Fsp3) is 0.333. The van der Waals surface area contributed by atoms with Crippen molar-refractivity contribution in [3.05, 3.63) is 46.4 Å². The second-order valence-electron chi connectivity index (χ2n) is 3.35.